The highest BCUT2D eigenvalue weighted by Crippen LogP contribution is 2.25. The van der Waals surface area contributed by atoms with E-state index in [2.05, 4.69) is 37.4 Å². The van der Waals surface area contributed by atoms with Crippen LogP contribution in [-0.4, -0.2) is 64.0 Å². The van der Waals surface area contributed by atoms with Gasteiger partial charge in [-0.2, -0.15) is 15.0 Å². The molecule has 2 heterocycles. The molecule has 0 radical (unpaired) electrons. The van der Waals surface area contributed by atoms with E-state index in [1.54, 1.807) is 12.1 Å². The molecule has 1 saturated carbocycles. The fourth-order valence-corrected chi connectivity index (χ4v) is 4.62. The number of piperidine rings is 1. The van der Waals surface area contributed by atoms with Gasteiger partial charge in [-0.05, 0) is 51.9 Å². The predicted molar refractivity (Wildman–Crippen MR) is 130 cm³/mol. The lowest BCUT2D eigenvalue weighted by Gasteiger charge is -2.35. The Balaban J connectivity index is 1.59. The summed E-state index contributed by atoms with van der Waals surface area (Å²) in [5.41, 5.74) is 0.596. The first-order valence-corrected chi connectivity index (χ1v) is 11.9. The van der Waals surface area contributed by atoms with Crippen molar-refractivity contribution in [1.29, 1.82) is 0 Å². The van der Waals surface area contributed by atoms with Crippen molar-refractivity contribution in [3.63, 3.8) is 0 Å². The maximum atomic E-state index is 11.2. The molecular weight excluding hydrogens is 420 g/mol. The fourth-order valence-electron chi connectivity index (χ4n) is 4.62. The summed E-state index contributed by atoms with van der Waals surface area (Å²) in [6.07, 6.45) is 9.31. The van der Waals surface area contributed by atoms with Crippen molar-refractivity contribution >= 4 is 29.2 Å². The lowest BCUT2D eigenvalue weighted by Crippen LogP contribution is -2.42. The van der Waals surface area contributed by atoms with Crippen molar-refractivity contribution in [2.75, 3.05) is 42.7 Å². The van der Waals surface area contributed by atoms with Gasteiger partial charge in [-0.1, -0.05) is 31.7 Å². The fraction of sp³-hybridized carbons (Fsp3) is 0.609. The zero-order valence-electron chi connectivity index (χ0n) is 19.5. The van der Waals surface area contributed by atoms with Crippen LogP contribution in [0, 0.1) is 10.1 Å². The van der Waals surface area contributed by atoms with Crippen LogP contribution in [0.5, 0.6) is 0 Å². The minimum absolute atomic E-state index is 0.0227. The van der Waals surface area contributed by atoms with Crippen LogP contribution >= 0.6 is 0 Å². The molecular formula is C23H34N8O2. The maximum absolute atomic E-state index is 11.2. The van der Waals surface area contributed by atoms with Gasteiger partial charge < -0.3 is 20.4 Å². The molecule has 0 bridgehead atoms. The molecule has 10 nitrogen and oxygen atoms in total. The molecule has 1 aliphatic carbocycles. The summed E-state index contributed by atoms with van der Waals surface area (Å²) in [7, 11) is 4.19. The van der Waals surface area contributed by atoms with Gasteiger partial charge in [0, 0.05) is 37.0 Å². The highest BCUT2D eigenvalue weighted by Gasteiger charge is 2.24. The monoisotopic (exact) mass is 454 g/mol. The lowest BCUT2D eigenvalue weighted by atomic mass is 10.0. The molecule has 0 unspecified atom stereocenters. The van der Waals surface area contributed by atoms with Crippen molar-refractivity contribution in [3.8, 4) is 0 Å². The molecule has 2 aromatic rings. The number of aromatic nitrogens is 3. The van der Waals surface area contributed by atoms with E-state index in [-0.39, 0.29) is 5.69 Å². The zero-order chi connectivity index (χ0) is 23.2. The molecule has 33 heavy (non-hydrogen) atoms. The van der Waals surface area contributed by atoms with Crippen LogP contribution in [0.1, 0.15) is 51.4 Å². The zero-order valence-corrected chi connectivity index (χ0v) is 19.5. The Morgan fingerprint density at radius 3 is 2.42 bits per heavy atom. The topological polar surface area (TPSA) is 112 Å². The summed E-state index contributed by atoms with van der Waals surface area (Å²) in [5, 5.41) is 17.9. The van der Waals surface area contributed by atoms with Gasteiger partial charge in [0.25, 0.3) is 5.69 Å². The Kier molecular flexibility index (Phi) is 7.54. The number of hydrogen-bond donors (Lipinski definition) is 2. The minimum Gasteiger partial charge on any atom is -0.351 e. The molecule has 1 aliphatic heterocycles. The standard InChI is InChI=1S/C23H34N8O2/c1-29-14-12-19(13-15-29)30(2)23-27-21(24-17-8-5-3-4-6-9-17)26-22(28-23)25-18-10-7-11-20(16-18)31(32)33/h7,10-11,16-17,19H,3-6,8-9,12-15H2,1-2H3,(H2,24,25,26,27,28). The van der Waals surface area contributed by atoms with Gasteiger partial charge in [0.1, 0.15) is 0 Å². The third-order valence-electron chi connectivity index (χ3n) is 6.68. The molecule has 178 valence electrons. The third kappa shape index (κ3) is 6.28. The summed E-state index contributed by atoms with van der Waals surface area (Å²) in [4.78, 5) is 29.3. The van der Waals surface area contributed by atoms with Gasteiger partial charge in [-0.15, -0.1) is 0 Å². The first-order valence-electron chi connectivity index (χ1n) is 11.9. The number of nitrogens with one attached hydrogen (secondary N) is 2. The van der Waals surface area contributed by atoms with E-state index in [0.29, 0.717) is 35.6 Å². The summed E-state index contributed by atoms with van der Waals surface area (Å²) in [6.45, 7) is 2.10. The number of nitrogens with zero attached hydrogens (tertiary/aromatic N) is 6. The van der Waals surface area contributed by atoms with Crippen LogP contribution in [0.4, 0.5) is 29.2 Å². The van der Waals surface area contributed by atoms with Crippen molar-refractivity contribution in [3.05, 3.63) is 34.4 Å². The van der Waals surface area contributed by atoms with Gasteiger partial charge in [0.05, 0.1) is 4.92 Å². The molecule has 0 atom stereocenters. The number of nitro groups is 1. The maximum Gasteiger partial charge on any atom is 0.271 e. The molecule has 2 N–H and O–H groups in total. The molecule has 1 aromatic heterocycles. The highest BCUT2D eigenvalue weighted by atomic mass is 16.6. The van der Waals surface area contributed by atoms with Crippen LogP contribution in [-0.2, 0) is 0 Å². The lowest BCUT2D eigenvalue weighted by molar-refractivity contribution is -0.384. The minimum atomic E-state index is -0.406. The Hall–Kier alpha value is -3.01. The van der Waals surface area contributed by atoms with Gasteiger partial charge in [0.2, 0.25) is 17.8 Å². The normalized spacial score (nSPS) is 18.5. The number of non-ortho nitro benzene ring substituents is 1. The van der Waals surface area contributed by atoms with Crippen molar-refractivity contribution < 1.29 is 4.92 Å². The van der Waals surface area contributed by atoms with Crippen LogP contribution in [0.15, 0.2) is 24.3 Å². The van der Waals surface area contributed by atoms with Gasteiger partial charge >= 0.3 is 0 Å². The van der Waals surface area contributed by atoms with Crippen molar-refractivity contribution in [2.45, 2.75) is 63.5 Å². The second-order valence-electron chi connectivity index (χ2n) is 9.19. The van der Waals surface area contributed by atoms with Gasteiger partial charge in [-0.3, -0.25) is 10.1 Å². The second kappa shape index (κ2) is 10.7. The van der Waals surface area contributed by atoms with Crippen LogP contribution in [0.25, 0.3) is 0 Å². The highest BCUT2D eigenvalue weighted by molar-refractivity contribution is 5.59. The van der Waals surface area contributed by atoms with E-state index in [1.165, 1.54) is 37.8 Å². The number of benzene rings is 1. The smallest absolute Gasteiger partial charge is 0.271 e. The quantitative estimate of drug-likeness (QED) is 0.361. The molecule has 2 aliphatic rings. The average Bonchev–Trinajstić information content (AvgIpc) is 3.08. The Bertz CT molecular complexity index is 940. The van der Waals surface area contributed by atoms with E-state index in [9.17, 15) is 10.1 Å². The molecule has 1 saturated heterocycles. The largest absolute Gasteiger partial charge is 0.351 e. The first kappa shape index (κ1) is 23.2. The van der Waals surface area contributed by atoms with Crippen LogP contribution in [0.3, 0.4) is 0 Å². The number of rotatable bonds is 7. The molecule has 0 amide bonds. The summed E-state index contributed by atoms with van der Waals surface area (Å²) >= 11 is 0. The number of anilines is 4. The van der Waals surface area contributed by atoms with E-state index < -0.39 is 4.92 Å². The number of nitro benzene ring substituents is 1. The number of hydrogen-bond acceptors (Lipinski definition) is 9. The van der Waals surface area contributed by atoms with E-state index in [1.807, 2.05) is 7.05 Å². The van der Waals surface area contributed by atoms with Crippen LogP contribution < -0.4 is 15.5 Å². The SMILES string of the molecule is CN1CCC(N(C)c2nc(Nc3cccc([N+](=O)[O-])c3)nc(NC3CCCCCC3)n2)CC1. The molecule has 1 aromatic carbocycles. The second-order valence-corrected chi connectivity index (χ2v) is 9.19. The van der Waals surface area contributed by atoms with Gasteiger partial charge in [0.15, 0.2) is 0 Å². The third-order valence-corrected chi connectivity index (χ3v) is 6.68. The first-order chi connectivity index (χ1) is 16.0. The number of likely N-dealkylation sites (tertiary alicyclic amines) is 1. The molecule has 0 spiro atoms. The predicted octanol–water partition coefficient (Wildman–Crippen LogP) is 4.19. The van der Waals surface area contributed by atoms with Crippen molar-refractivity contribution in [1.82, 2.24) is 19.9 Å². The summed E-state index contributed by atoms with van der Waals surface area (Å²) < 4.78 is 0. The van der Waals surface area contributed by atoms with E-state index >= 15 is 0 Å². The van der Waals surface area contributed by atoms with Gasteiger partial charge in [-0.25, -0.2) is 0 Å². The summed E-state index contributed by atoms with van der Waals surface area (Å²) in [5.74, 6) is 1.56. The van der Waals surface area contributed by atoms with E-state index in [0.717, 1.165) is 38.8 Å². The molecule has 10 heteroatoms. The Morgan fingerprint density at radius 2 is 1.73 bits per heavy atom. The Labute approximate surface area is 195 Å². The molecule has 4 rings (SSSR count). The van der Waals surface area contributed by atoms with Crippen molar-refractivity contribution in [2.24, 2.45) is 0 Å². The van der Waals surface area contributed by atoms with E-state index in [4.69, 9.17) is 4.98 Å². The summed E-state index contributed by atoms with van der Waals surface area (Å²) in [6, 6.07) is 7.09. The average molecular weight is 455 g/mol. The van der Waals surface area contributed by atoms with Crippen LogP contribution in [0.2, 0.25) is 0 Å². The molecule has 2 fully saturated rings. The Morgan fingerprint density at radius 1 is 1.03 bits per heavy atom.